The van der Waals surface area contributed by atoms with E-state index >= 15 is 0 Å². The molecule has 0 aromatic heterocycles. The number of amides is 1. The summed E-state index contributed by atoms with van der Waals surface area (Å²) >= 11 is 5.49. The number of nitrogens with one attached hydrogen (secondary N) is 1. The molecule has 0 aliphatic carbocycles. The van der Waals surface area contributed by atoms with E-state index in [-0.39, 0.29) is 19.1 Å². The van der Waals surface area contributed by atoms with Crippen LogP contribution in [-0.4, -0.2) is 19.1 Å². The van der Waals surface area contributed by atoms with Crippen LogP contribution in [0.3, 0.4) is 0 Å². The first-order chi connectivity index (χ1) is 7.58. The highest BCUT2D eigenvalue weighted by Crippen LogP contribution is 2.13. The lowest BCUT2D eigenvalue weighted by Crippen LogP contribution is -2.29. The van der Waals surface area contributed by atoms with Crippen LogP contribution >= 0.6 is 11.6 Å². The van der Waals surface area contributed by atoms with Crippen LogP contribution in [0.25, 0.3) is 0 Å². The molecule has 1 amide bonds. The highest BCUT2D eigenvalue weighted by Gasteiger charge is 2.02. The van der Waals surface area contributed by atoms with Gasteiger partial charge in [-0.3, -0.25) is 4.79 Å². The summed E-state index contributed by atoms with van der Waals surface area (Å²) in [6.07, 6.45) is 0. The molecule has 0 fully saturated rings. The van der Waals surface area contributed by atoms with E-state index < -0.39 is 0 Å². The van der Waals surface area contributed by atoms with E-state index in [1.54, 1.807) is 24.3 Å². The molecule has 0 aliphatic heterocycles. The summed E-state index contributed by atoms with van der Waals surface area (Å²) in [5.74, 6) is 0.295. The molecule has 86 valence electrons. The molecule has 0 saturated heterocycles. The van der Waals surface area contributed by atoms with Gasteiger partial charge in [0.15, 0.2) is 6.61 Å². The smallest absolute Gasteiger partial charge is 0.258 e. The zero-order chi connectivity index (χ0) is 12.0. The fraction of sp³-hybridized carbons (Fsp3) is 0.182. The molecule has 0 unspecified atom stereocenters. The summed E-state index contributed by atoms with van der Waals surface area (Å²) in [6.45, 7) is 3.61. The van der Waals surface area contributed by atoms with Gasteiger partial charge in [0, 0.05) is 16.8 Å². The molecule has 0 spiro atoms. The topological polar surface area (TPSA) is 64.3 Å². The number of benzene rings is 1. The molecular formula is C11H13ClN2O2. The van der Waals surface area contributed by atoms with Gasteiger partial charge in [-0.25, -0.2) is 0 Å². The lowest BCUT2D eigenvalue weighted by atomic mass is 10.3. The molecular weight excluding hydrogens is 228 g/mol. The highest BCUT2D eigenvalue weighted by molar-refractivity contribution is 6.29. The Morgan fingerprint density at radius 2 is 2.31 bits per heavy atom. The van der Waals surface area contributed by atoms with Gasteiger partial charge in [-0.1, -0.05) is 24.2 Å². The van der Waals surface area contributed by atoms with E-state index in [1.807, 2.05) is 0 Å². The number of carbonyl (C=O) groups is 1. The van der Waals surface area contributed by atoms with Crippen LogP contribution < -0.4 is 15.8 Å². The maximum atomic E-state index is 11.2. The Hall–Kier alpha value is -1.68. The van der Waals surface area contributed by atoms with Crippen molar-refractivity contribution >= 4 is 23.2 Å². The van der Waals surface area contributed by atoms with Crippen molar-refractivity contribution in [1.29, 1.82) is 0 Å². The molecule has 3 N–H and O–H groups in total. The fourth-order valence-corrected chi connectivity index (χ4v) is 1.07. The average Bonchev–Trinajstić information content (AvgIpc) is 2.23. The Morgan fingerprint density at radius 1 is 1.56 bits per heavy atom. The average molecular weight is 241 g/mol. The van der Waals surface area contributed by atoms with E-state index in [2.05, 4.69) is 11.9 Å². The molecule has 0 heterocycles. The largest absolute Gasteiger partial charge is 0.484 e. The van der Waals surface area contributed by atoms with Crippen molar-refractivity contribution in [2.45, 2.75) is 0 Å². The summed E-state index contributed by atoms with van der Waals surface area (Å²) < 4.78 is 5.22. The van der Waals surface area contributed by atoms with Crippen molar-refractivity contribution in [3.63, 3.8) is 0 Å². The Balaban J connectivity index is 2.34. The van der Waals surface area contributed by atoms with Crippen LogP contribution in [0.5, 0.6) is 5.75 Å². The minimum atomic E-state index is -0.260. The van der Waals surface area contributed by atoms with Crippen molar-refractivity contribution in [1.82, 2.24) is 5.32 Å². The number of rotatable bonds is 5. The summed E-state index contributed by atoms with van der Waals surface area (Å²) in [6, 6.07) is 6.87. The SMILES string of the molecule is C=C(Cl)CNC(=O)COc1cccc(N)c1. The zero-order valence-corrected chi connectivity index (χ0v) is 9.46. The second-order valence-corrected chi connectivity index (χ2v) is 3.69. The molecule has 4 nitrogen and oxygen atoms in total. The number of halogens is 1. The second-order valence-electron chi connectivity index (χ2n) is 3.16. The van der Waals surface area contributed by atoms with Gasteiger partial charge in [-0.2, -0.15) is 0 Å². The molecule has 0 radical (unpaired) electrons. The van der Waals surface area contributed by atoms with Crippen molar-refractivity contribution in [3.8, 4) is 5.75 Å². The molecule has 1 rings (SSSR count). The monoisotopic (exact) mass is 240 g/mol. The number of nitrogens with two attached hydrogens (primary N) is 1. The number of anilines is 1. The Labute approximate surface area is 99.0 Å². The van der Waals surface area contributed by atoms with Crippen LogP contribution in [0.15, 0.2) is 35.9 Å². The summed E-state index contributed by atoms with van der Waals surface area (Å²) in [7, 11) is 0. The normalized spacial score (nSPS) is 9.56. The van der Waals surface area contributed by atoms with Crippen LogP contribution in [0.4, 0.5) is 5.69 Å². The van der Waals surface area contributed by atoms with Crippen molar-refractivity contribution in [2.24, 2.45) is 0 Å². The quantitative estimate of drug-likeness (QED) is 0.767. The lowest BCUT2D eigenvalue weighted by Gasteiger charge is -2.07. The van der Waals surface area contributed by atoms with E-state index in [9.17, 15) is 4.79 Å². The second kappa shape index (κ2) is 6.02. The molecule has 0 saturated carbocycles. The number of hydrogen-bond acceptors (Lipinski definition) is 3. The number of carbonyl (C=O) groups excluding carboxylic acids is 1. The summed E-state index contributed by atoms with van der Waals surface area (Å²) in [4.78, 5) is 11.2. The highest BCUT2D eigenvalue weighted by atomic mass is 35.5. The first-order valence-corrected chi connectivity index (χ1v) is 5.04. The number of nitrogen functional groups attached to an aromatic ring is 1. The van der Waals surface area contributed by atoms with Gasteiger partial charge in [0.2, 0.25) is 0 Å². The summed E-state index contributed by atoms with van der Waals surface area (Å²) in [5.41, 5.74) is 6.14. The van der Waals surface area contributed by atoms with Gasteiger partial charge in [-0.15, -0.1) is 0 Å². The van der Waals surface area contributed by atoms with Gasteiger partial charge < -0.3 is 15.8 Å². The van der Waals surface area contributed by atoms with Gasteiger partial charge in [0.1, 0.15) is 5.75 Å². The molecule has 0 atom stereocenters. The van der Waals surface area contributed by atoms with Crippen LogP contribution in [0.2, 0.25) is 0 Å². The van der Waals surface area contributed by atoms with Crippen LogP contribution in [0, 0.1) is 0 Å². The third-order valence-corrected chi connectivity index (χ3v) is 1.84. The van der Waals surface area contributed by atoms with Crippen molar-refractivity contribution < 1.29 is 9.53 Å². The minimum Gasteiger partial charge on any atom is -0.484 e. The predicted octanol–water partition coefficient (Wildman–Crippen LogP) is 1.52. The molecule has 5 heteroatoms. The molecule has 0 aliphatic rings. The molecule has 1 aromatic rings. The van der Waals surface area contributed by atoms with Crippen LogP contribution in [-0.2, 0) is 4.79 Å². The summed E-state index contributed by atoms with van der Waals surface area (Å²) in [5, 5.41) is 2.91. The Bertz CT molecular complexity index is 393. The van der Waals surface area contributed by atoms with E-state index in [0.29, 0.717) is 16.5 Å². The van der Waals surface area contributed by atoms with E-state index in [4.69, 9.17) is 22.1 Å². The standard InChI is InChI=1S/C11H13ClN2O2/c1-8(12)6-14-11(15)7-16-10-4-2-3-9(13)5-10/h2-5H,1,6-7,13H2,(H,14,15). The van der Waals surface area contributed by atoms with Gasteiger partial charge >= 0.3 is 0 Å². The third kappa shape index (κ3) is 4.70. The van der Waals surface area contributed by atoms with Gasteiger partial charge in [-0.05, 0) is 12.1 Å². The van der Waals surface area contributed by atoms with Crippen molar-refractivity contribution in [3.05, 3.63) is 35.9 Å². The van der Waals surface area contributed by atoms with Crippen molar-refractivity contribution in [2.75, 3.05) is 18.9 Å². The Kier molecular flexibility index (Phi) is 4.66. The molecule has 1 aromatic carbocycles. The maximum Gasteiger partial charge on any atom is 0.258 e. The first kappa shape index (κ1) is 12.4. The lowest BCUT2D eigenvalue weighted by molar-refractivity contribution is -0.122. The number of hydrogen-bond donors (Lipinski definition) is 2. The van der Waals surface area contributed by atoms with Crippen LogP contribution in [0.1, 0.15) is 0 Å². The molecule has 0 bridgehead atoms. The fourth-order valence-electron chi connectivity index (χ4n) is 0.999. The Morgan fingerprint density at radius 3 is 2.94 bits per heavy atom. The number of ether oxygens (including phenoxy) is 1. The minimum absolute atomic E-state index is 0.0758. The van der Waals surface area contributed by atoms with E-state index in [1.165, 1.54) is 0 Å². The van der Waals surface area contributed by atoms with E-state index in [0.717, 1.165) is 0 Å². The van der Waals surface area contributed by atoms with Gasteiger partial charge in [0.25, 0.3) is 5.91 Å². The van der Waals surface area contributed by atoms with Gasteiger partial charge in [0.05, 0.1) is 6.54 Å². The first-order valence-electron chi connectivity index (χ1n) is 4.66. The zero-order valence-electron chi connectivity index (χ0n) is 8.70. The maximum absolute atomic E-state index is 11.2. The molecule has 16 heavy (non-hydrogen) atoms. The third-order valence-electron chi connectivity index (χ3n) is 1.71. The predicted molar refractivity (Wildman–Crippen MR) is 64.4 cm³/mol.